The molecule has 3 rings (SSSR count). The average molecular weight is 278 g/mol. The van der Waals surface area contributed by atoms with E-state index in [0.29, 0.717) is 18.6 Å². The van der Waals surface area contributed by atoms with Crippen LogP contribution < -0.4 is 4.74 Å². The second-order valence-corrected chi connectivity index (χ2v) is 5.78. The van der Waals surface area contributed by atoms with Crippen molar-refractivity contribution in [3.05, 3.63) is 29.6 Å². The van der Waals surface area contributed by atoms with Crippen molar-refractivity contribution in [3.63, 3.8) is 0 Å². The van der Waals surface area contributed by atoms with Crippen LogP contribution in [-0.2, 0) is 4.74 Å². The van der Waals surface area contributed by atoms with Gasteiger partial charge in [-0.2, -0.15) is 0 Å². The maximum atomic E-state index is 13.0. The Morgan fingerprint density at radius 3 is 2.90 bits per heavy atom. The number of carbonyl (C=O) groups excluding carboxylic acids is 1. The highest BCUT2D eigenvalue weighted by Crippen LogP contribution is 2.43. The molecule has 1 aliphatic heterocycles. The minimum absolute atomic E-state index is 0.0812. The van der Waals surface area contributed by atoms with E-state index in [1.54, 1.807) is 0 Å². The molecule has 1 spiro atoms. The molecule has 1 aromatic carbocycles. The van der Waals surface area contributed by atoms with Crippen molar-refractivity contribution < 1.29 is 18.7 Å². The quantitative estimate of drug-likeness (QED) is 0.791. The minimum Gasteiger partial charge on any atom is -0.490 e. The van der Waals surface area contributed by atoms with Crippen molar-refractivity contribution >= 4 is 6.29 Å². The fourth-order valence-electron chi connectivity index (χ4n) is 3.33. The fourth-order valence-corrected chi connectivity index (χ4v) is 3.33. The summed E-state index contributed by atoms with van der Waals surface area (Å²) in [5.41, 5.74) is 0.336. The van der Waals surface area contributed by atoms with Crippen LogP contribution in [0.5, 0.6) is 5.75 Å². The summed E-state index contributed by atoms with van der Waals surface area (Å²) in [5.74, 6) is -0.00107. The lowest BCUT2D eigenvalue weighted by Crippen LogP contribution is -2.27. The molecule has 1 atom stereocenters. The molecule has 1 aromatic rings. The van der Waals surface area contributed by atoms with Crippen molar-refractivity contribution in [1.29, 1.82) is 0 Å². The Hall–Kier alpha value is -1.42. The predicted octanol–water partition coefficient (Wildman–Crippen LogP) is 3.51. The third kappa shape index (κ3) is 2.70. The average Bonchev–Trinajstić information content (AvgIpc) is 3.08. The molecule has 1 saturated carbocycles. The van der Waals surface area contributed by atoms with Crippen LogP contribution in [0.25, 0.3) is 0 Å². The summed E-state index contributed by atoms with van der Waals surface area (Å²) >= 11 is 0. The van der Waals surface area contributed by atoms with Gasteiger partial charge in [0.15, 0.2) is 6.29 Å². The van der Waals surface area contributed by atoms with E-state index in [-0.39, 0.29) is 17.3 Å². The molecule has 0 N–H and O–H groups in total. The van der Waals surface area contributed by atoms with Crippen LogP contribution >= 0.6 is 0 Å². The van der Waals surface area contributed by atoms with E-state index in [1.807, 2.05) is 0 Å². The first kappa shape index (κ1) is 13.6. The fraction of sp³-hybridized carbons (Fsp3) is 0.562. The number of hydrogen-bond donors (Lipinski definition) is 0. The highest BCUT2D eigenvalue weighted by atomic mass is 19.1. The second kappa shape index (κ2) is 5.52. The van der Waals surface area contributed by atoms with Crippen LogP contribution in [0, 0.1) is 5.82 Å². The Labute approximate surface area is 118 Å². The zero-order chi connectivity index (χ0) is 14.0. The van der Waals surface area contributed by atoms with Gasteiger partial charge in [-0.25, -0.2) is 4.39 Å². The molecule has 2 aliphatic rings. The number of benzene rings is 1. The highest BCUT2D eigenvalue weighted by Gasteiger charge is 2.42. The van der Waals surface area contributed by atoms with Crippen LogP contribution in [0.2, 0.25) is 0 Å². The first-order chi connectivity index (χ1) is 9.71. The lowest BCUT2D eigenvalue weighted by atomic mass is 9.98. The number of ether oxygens (including phenoxy) is 2. The van der Waals surface area contributed by atoms with Crippen LogP contribution in [-0.4, -0.2) is 24.6 Å². The van der Waals surface area contributed by atoms with Crippen LogP contribution in [0.15, 0.2) is 18.2 Å². The Balaban J connectivity index is 1.59. The van der Waals surface area contributed by atoms with Crippen LogP contribution in [0.4, 0.5) is 4.39 Å². The molecule has 0 radical (unpaired) electrons. The zero-order valence-electron chi connectivity index (χ0n) is 11.4. The lowest BCUT2D eigenvalue weighted by Gasteiger charge is -2.23. The first-order valence-electron chi connectivity index (χ1n) is 7.26. The molecular formula is C16H19FO3. The number of carbonyl (C=O) groups is 1. The Kier molecular flexibility index (Phi) is 3.74. The van der Waals surface area contributed by atoms with E-state index in [4.69, 9.17) is 9.47 Å². The number of halogens is 1. The Morgan fingerprint density at radius 1 is 1.35 bits per heavy atom. The SMILES string of the molecule is O=Cc1cc(F)ccc1OCC1CCC2(CCCC2)O1. The molecule has 1 saturated heterocycles. The molecule has 4 heteroatoms. The standard InChI is InChI=1S/C16H19FO3/c17-13-3-4-15(12(9-13)10-18)19-11-14-5-8-16(20-14)6-1-2-7-16/h3-4,9-10,14H,1-2,5-8,11H2. The summed E-state index contributed by atoms with van der Waals surface area (Å²) in [6, 6.07) is 3.99. The molecule has 1 unspecified atom stereocenters. The third-order valence-corrected chi connectivity index (χ3v) is 4.38. The van der Waals surface area contributed by atoms with E-state index < -0.39 is 5.82 Å². The molecule has 108 valence electrons. The largest absolute Gasteiger partial charge is 0.490 e. The minimum atomic E-state index is -0.429. The van der Waals surface area contributed by atoms with Gasteiger partial charge in [0.2, 0.25) is 0 Å². The molecule has 20 heavy (non-hydrogen) atoms. The molecule has 0 bridgehead atoms. The maximum Gasteiger partial charge on any atom is 0.153 e. The summed E-state index contributed by atoms with van der Waals surface area (Å²) in [5, 5.41) is 0. The highest BCUT2D eigenvalue weighted by molar-refractivity contribution is 5.79. The number of aldehydes is 1. The Morgan fingerprint density at radius 2 is 2.15 bits per heavy atom. The molecule has 1 aliphatic carbocycles. The van der Waals surface area contributed by atoms with Gasteiger partial charge in [-0.15, -0.1) is 0 Å². The van der Waals surface area contributed by atoms with E-state index in [9.17, 15) is 9.18 Å². The van der Waals surface area contributed by atoms with Gasteiger partial charge in [-0.05, 0) is 43.9 Å². The molecule has 0 aromatic heterocycles. The van der Waals surface area contributed by atoms with Crippen LogP contribution in [0.3, 0.4) is 0 Å². The molecule has 3 nitrogen and oxygen atoms in total. The monoisotopic (exact) mass is 278 g/mol. The van der Waals surface area contributed by atoms with Crippen molar-refractivity contribution in [1.82, 2.24) is 0 Å². The third-order valence-electron chi connectivity index (χ3n) is 4.38. The predicted molar refractivity (Wildman–Crippen MR) is 72.6 cm³/mol. The van der Waals surface area contributed by atoms with E-state index in [1.165, 1.54) is 31.0 Å². The van der Waals surface area contributed by atoms with Crippen molar-refractivity contribution in [2.24, 2.45) is 0 Å². The van der Waals surface area contributed by atoms with E-state index in [0.717, 1.165) is 25.7 Å². The maximum absolute atomic E-state index is 13.0. The topological polar surface area (TPSA) is 35.5 Å². The summed E-state index contributed by atoms with van der Waals surface area (Å²) in [4.78, 5) is 10.9. The Bertz CT molecular complexity index is 494. The van der Waals surface area contributed by atoms with Gasteiger partial charge in [-0.1, -0.05) is 12.8 Å². The van der Waals surface area contributed by atoms with Gasteiger partial charge in [0, 0.05) is 0 Å². The summed E-state index contributed by atoms with van der Waals surface area (Å²) in [7, 11) is 0. The first-order valence-corrected chi connectivity index (χ1v) is 7.26. The van der Waals surface area contributed by atoms with Gasteiger partial charge < -0.3 is 9.47 Å². The zero-order valence-corrected chi connectivity index (χ0v) is 11.4. The van der Waals surface area contributed by atoms with Gasteiger partial charge in [0.05, 0.1) is 17.3 Å². The van der Waals surface area contributed by atoms with Gasteiger partial charge in [0.25, 0.3) is 0 Å². The molecule has 0 amide bonds. The second-order valence-electron chi connectivity index (χ2n) is 5.78. The molecule has 1 heterocycles. The van der Waals surface area contributed by atoms with Gasteiger partial charge in [-0.3, -0.25) is 4.79 Å². The number of rotatable bonds is 4. The molecule has 2 fully saturated rings. The van der Waals surface area contributed by atoms with Crippen LogP contribution in [0.1, 0.15) is 48.9 Å². The number of hydrogen-bond acceptors (Lipinski definition) is 3. The summed E-state index contributed by atoms with van der Waals surface area (Å²) < 4.78 is 24.8. The van der Waals surface area contributed by atoms with Crippen molar-refractivity contribution in [3.8, 4) is 5.75 Å². The normalized spacial score (nSPS) is 24.1. The van der Waals surface area contributed by atoms with E-state index >= 15 is 0 Å². The van der Waals surface area contributed by atoms with Gasteiger partial charge in [0.1, 0.15) is 18.2 Å². The van der Waals surface area contributed by atoms with E-state index in [2.05, 4.69) is 0 Å². The molecular weight excluding hydrogens is 259 g/mol. The lowest BCUT2D eigenvalue weighted by molar-refractivity contribution is -0.0509. The summed E-state index contributed by atoms with van der Waals surface area (Å²) in [6.07, 6.45) is 7.60. The summed E-state index contributed by atoms with van der Waals surface area (Å²) in [6.45, 7) is 0.425. The van der Waals surface area contributed by atoms with Crippen molar-refractivity contribution in [2.75, 3.05) is 6.61 Å². The smallest absolute Gasteiger partial charge is 0.153 e. The van der Waals surface area contributed by atoms with Crippen molar-refractivity contribution in [2.45, 2.75) is 50.2 Å². The van der Waals surface area contributed by atoms with Gasteiger partial charge >= 0.3 is 0 Å².